The van der Waals surface area contributed by atoms with E-state index in [-0.39, 0.29) is 6.04 Å². The summed E-state index contributed by atoms with van der Waals surface area (Å²) in [5, 5.41) is 8.52. The van der Waals surface area contributed by atoms with Crippen LogP contribution in [0.3, 0.4) is 0 Å². The third kappa shape index (κ3) is 3.18. The second-order valence-electron chi connectivity index (χ2n) is 6.06. The molecule has 0 aliphatic heterocycles. The standard InChI is InChI=1S/C18H21F2N5/c1-5-13(15-10(2)24-25(4)11(15)3)21-17-12-8-6-7-9-14(12)22-18(23-17)16(19)20/h6-9,13,16H,5H2,1-4H3,(H,21,22,23). The van der Waals surface area contributed by atoms with Crippen LogP contribution < -0.4 is 5.32 Å². The molecular formula is C18H21F2N5. The van der Waals surface area contributed by atoms with E-state index in [0.717, 1.165) is 28.8 Å². The largest absolute Gasteiger partial charge is 0.363 e. The minimum atomic E-state index is -2.72. The fourth-order valence-electron chi connectivity index (χ4n) is 3.14. The minimum Gasteiger partial charge on any atom is -0.363 e. The first kappa shape index (κ1) is 17.3. The Morgan fingerprint density at radius 2 is 1.88 bits per heavy atom. The Morgan fingerprint density at radius 3 is 2.48 bits per heavy atom. The van der Waals surface area contributed by atoms with Crippen LogP contribution in [0.1, 0.15) is 48.6 Å². The van der Waals surface area contributed by atoms with Crippen LogP contribution in [0.5, 0.6) is 0 Å². The van der Waals surface area contributed by atoms with Crippen LogP contribution in [0.4, 0.5) is 14.6 Å². The van der Waals surface area contributed by atoms with E-state index in [4.69, 9.17) is 0 Å². The van der Waals surface area contributed by atoms with Gasteiger partial charge in [-0.15, -0.1) is 0 Å². The molecular weight excluding hydrogens is 324 g/mol. The lowest BCUT2D eigenvalue weighted by atomic mass is 10.0. The third-order valence-electron chi connectivity index (χ3n) is 4.45. The molecule has 2 aromatic heterocycles. The summed E-state index contributed by atoms with van der Waals surface area (Å²) in [6.07, 6.45) is -1.94. The Balaban J connectivity index is 2.09. The van der Waals surface area contributed by atoms with Crippen LogP contribution in [0, 0.1) is 13.8 Å². The molecule has 0 aliphatic carbocycles. The first-order valence-corrected chi connectivity index (χ1v) is 8.23. The number of rotatable bonds is 5. The molecule has 3 rings (SSSR count). The molecule has 0 aliphatic rings. The molecule has 5 nitrogen and oxygen atoms in total. The Kier molecular flexibility index (Phi) is 4.65. The lowest BCUT2D eigenvalue weighted by molar-refractivity contribution is 0.141. The van der Waals surface area contributed by atoms with Crippen molar-refractivity contribution in [2.75, 3.05) is 5.32 Å². The lowest BCUT2D eigenvalue weighted by Crippen LogP contribution is -2.14. The number of hydrogen-bond acceptors (Lipinski definition) is 4. The molecule has 0 spiro atoms. The number of anilines is 1. The minimum absolute atomic E-state index is 0.0717. The van der Waals surface area contributed by atoms with Crippen molar-refractivity contribution in [2.45, 2.75) is 39.7 Å². The van der Waals surface area contributed by atoms with Gasteiger partial charge in [0.25, 0.3) is 6.43 Å². The second-order valence-corrected chi connectivity index (χ2v) is 6.06. The highest BCUT2D eigenvalue weighted by molar-refractivity contribution is 5.89. The fraction of sp³-hybridized carbons (Fsp3) is 0.389. The molecule has 0 saturated carbocycles. The fourth-order valence-corrected chi connectivity index (χ4v) is 3.14. The van der Waals surface area contributed by atoms with E-state index >= 15 is 0 Å². The summed E-state index contributed by atoms with van der Waals surface area (Å²) in [6, 6.07) is 7.11. The predicted octanol–water partition coefficient (Wildman–Crippen LogP) is 4.48. The van der Waals surface area contributed by atoms with Crippen LogP contribution >= 0.6 is 0 Å². The van der Waals surface area contributed by atoms with Gasteiger partial charge in [0.05, 0.1) is 17.3 Å². The third-order valence-corrected chi connectivity index (χ3v) is 4.45. The number of hydrogen-bond donors (Lipinski definition) is 1. The van der Waals surface area contributed by atoms with Gasteiger partial charge in [-0.2, -0.15) is 5.10 Å². The molecule has 0 bridgehead atoms. The number of halogens is 2. The summed E-state index contributed by atoms with van der Waals surface area (Å²) in [5.74, 6) is -0.0360. The number of aromatic nitrogens is 4. The zero-order chi connectivity index (χ0) is 18.1. The molecule has 0 fully saturated rings. The van der Waals surface area contributed by atoms with Gasteiger partial charge in [-0.1, -0.05) is 19.1 Å². The van der Waals surface area contributed by atoms with Gasteiger partial charge in [0.1, 0.15) is 5.82 Å². The Morgan fingerprint density at radius 1 is 1.16 bits per heavy atom. The van der Waals surface area contributed by atoms with Crippen molar-refractivity contribution in [1.29, 1.82) is 0 Å². The summed E-state index contributed by atoms with van der Waals surface area (Å²) in [7, 11) is 1.90. The number of para-hydroxylation sites is 1. The van der Waals surface area contributed by atoms with Crippen molar-refractivity contribution < 1.29 is 8.78 Å². The van der Waals surface area contributed by atoms with Crippen molar-refractivity contribution in [2.24, 2.45) is 7.05 Å². The van der Waals surface area contributed by atoms with Crippen LogP contribution in [-0.4, -0.2) is 19.7 Å². The van der Waals surface area contributed by atoms with E-state index in [1.165, 1.54) is 0 Å². The van der Waals surface area contributed by atoms with Gasteiger partial charge >= 0.3 is 0 Å². The Labute approximate surface area is 145 Å². The van der Waals surface area contributed by atoms with E-state index in [9.17, 15) is 8.78 Å². The smallest absolute Gasteiger partial charge is 0.297 e. The van der Waals surface area contributed by atoms with E-state index < -0.39 is 12.2 Å². The number of nitrogens with zero attached hydrogens (tertiary/aromatic N) is 4. The van der Waals surface area contributed by atoms with Gasteiger partial charge in [-0.3, -0.25) is 4.68 Å². The van der Waals surface area contributed by atoms with Crippen molar-refractivity contribution in [3.63, 3.8) is 0 Å². The van der Waals surface area contributed by atoms with Crippen molar-refractivity contribution >= 4 is 16.7 Å². The SMILES string of the molecule is CCC(Nc1nc(C(F)F)nc2ccccc12)c1c(C)nn(C)c1C. The summed E-state index contributed by atoms with van der Waals surface area (Å²) < 4.78 is 28.2. The Hall–Kier alpha value is -2.57. The van der Waals surface area contributed by atoms with Crippen LogP contribution in [0.2, 0.25) is 0 Å². The first-order valence-electron chi connectivity index (χ1n) is 8.23. The highest BCUT2D eigenvalue weighted by Crippen LogP contribution is 2.31. The van der Waals surface area contributed by atoms with Crippen LogP contribution in [-0.2, 0) is 7.05 Å². The molecule has 0 amide bonds. The van der Waals surface area contributed by atoms with Gasteiger partial charge in [-0.05, 0) is 32.4 Å². The van der Waals surface area contributed by atoms with E-state index in [1.807, 2.05) is 44.6 Å². The second kappa shape index (κ2) is 6.74. The number of alkyl halides is 2. The number of benzene rings is 1. The molecule has 2 heterocycles. The molecule has 1 N–H and O–H groups in total. The van der Waals surface area contributed by atoms with E-state index in [0.29, 0.717) is 11.3 Å². The van der Waals surface area contributed by atoms with Crippen molar-refractivity contribution in [3.8, 4) is 0 Å². The maximum atomic E-state index is 13.2. The van der Waals surface area contributed by atoms with Crippen molar-refractivity contribution in [1.82, 2.24) is 19.7 Å². The highest BCUT2D eigenvalue weighted by Gasteiger charge is 2.21. The quantitative estimate of drug-likeness (QED) is 0.741. The molecule has 132 valence electrons. The summed E-state index contributed by atoms with van der Waals surface area (Å²) in [4.78, 5) is 8.04. The topological polar surface area (TPSA) is 55.6 Å². The average Bonchev–Trinajstić information content (AvgIpc) is 2.84. The zero-order valence-electron chi connectivity index (χ0n) is 14.7. The summed E-state index contributed by atoms with van der Waals surface area (Å²) in [5.41, 5.74) is 3.55. The molecule has 1 unspecified atom stereocenters. The monoisotopic (exact) mass is 345 g/mol. The maximum Gasteiger partial charge on any atom is 0.297 e. The summed E-state index contributed by atoms with van der Waals surface area (Å²) in [6.45, 7) is 6.00. The summed E-state index contributed by atoms with van der Waals surface area (Å²) >= 11 is 0. The zero-order valence-corrected chi connectivity index (χ0v) is 14.7. The molecule has 25 heavy (non-hydrogen) atoms. The van der Waals surface area contributed by atoms with Crippen LogP contribution in [0.15, 0.2) is 24.3 Å². The van der Waals surface area contributed by atoms with Gasteiger partial charge in [0.15, 0.2) is 5.82 Å². The van der Waals surface area contributed by atoms with Crippen LogP contribution in [0.25, 0.3) is 10.9 Å². The normalized spacial score (nSPS) is 12.8. The molecule has 1 atom stereocenters. The lowest BCUT2D eigenvalue weighted by Gasteiger charge is -2.20. The van der Waals surface area contributed by atoms with Gasteiger partial charge < -0.3 is 5.32 Å². The molecule has 0 saturated heterocycles. The maximum absolute atomic E-state index is 13.2. The van der Waals surface area contributed by atoms with E-state index in [2.05, 4.69) is 20.4 Å². The van der Waals surface area contributed by atoms with Gasteiger partial charge in [-0.25, -0.2) is 18.7 Å². The van der Waals surface area contributed by atoms with E-state index in [1.54, 1.807) is 12.1 Å². The van der Waals surface area contributed by atoms with Gasteiger partial charge in [0, 0.05) is 23.7 Å². The molecule has 0 radical (unpaired) electrons. The van der Waals surface area contributed by atoms with Crippen molar-refractivity contribution in [3.05, 3.63) is 47.0 Å². The Bertz CT molecular complexity index is 904. The van der Waals surface area contributed by atoms with Gasteiger partial charge in [0.2, 0.25) is 0 Å². The number of fused-ring (bicyclic) bond motifs is 1. The molecule has 1 aromatic carbocycles. The average molecular weight is 345 g/mol. The molecule has 7 heteroatoms. The number of nitrogens with one attached hydrogen (secondary N) is 1. The molecule has 3 aromatic rings. The predicted molar refractivity (Wildman–Crippen MR) is 93.8 cm³/mol. The first-order chi connectivity index (χ1) is 11.9. The highest BCUT2D eigenvalue weighted by atomic mass is 19.3. The number of aryl methyl sites for hydroxylation is 2.